The molecule has 12 heteroatoms. The van der Waals surface area contributed by atoms with Crippen LogP contribution in [0.4, 0.5) is 24.5 Å². The first-order valence-corrected chi connectivity index (χ1v) is 12.2. The minimum absolute atomic E-state index is 0.0221. The van der Waals surface area contributed by atoms with Crippen molar-refractivity contribution in [3.05, 3.63) is 92.5 Å². The van der Waals surface area contributed by atoms with Gasteiger partial charge >= 0.3 is 18.0 Å². The molecule has 7 nitrogen and oxygen atoms in total. The zero-order chi connectivity index (χ0) is 26.9. The molecule has 0 atom stereocenters. The van der Waals surface area contributed by atoms with Crippen molar-refractivity contribution in [2.24, 2.45) is 0 Å². The molecule has 0 saturated heterocycles. The molecule has 3 amide bonds. The number of amides is 3. The number of carbonyl (C=O) groups excluding carboxylic acids is 3. The minimum Gasteiger partial charge on any atom is -0.321 e. The third-order valence-electron chi connectivity index (χ3n) is 5.28. The lowest BCUT2D eigenvalue weighted by atomic mass is 10.2. The van der Waals surface area contributed by atoms with Gasteiger partial charge in [-0.1, -0.05) is 37.9 Å². The number of fused-ring (bicyclic) bond motifs is 1. The van der Waals surface area contributed by atoms with E-state index in [0.29, 0.717) is 22.7 Å². The summed E-state index contributed by atoms with van der Waals surface area (Å²) in [6.07, 6.45) is -4.61. The number of halogens is 5. The highest BCUT2D eigenvalue weighted by Gasteiger charge is 2.30. The van der Waals surface area contributed by atoms with E-state index in [9.17, 15) is 27.6 Å². The summed E-state index contributed by atoms with van der Waals surface area (Å²) in [5.41, 5.74) is 3.02. The summed E-state index contributed by atoms with van der Waals surface area (Å²) in [5.74, 6) is -2.97. The van der Waals surface area contributed by atoms with Crippen LogP contribution in [0.25, 0.3) is 10.9 Å². The topological polar surface area (TPSA) is 92.2 Å². The van der Waals surface area contributed by atoms with Gasteiger partial charge in [-0.25, -0.2) is 4.68 Å². The van der Waals surface area contributed by atoms with Gasteiger partial charge in [0.15, 0.2) is 0 Å². The van der Waals surface area contributed by atoms with E-state index in [1.54, 1.807) is 36.4 Å². The molecule has 0 aliphatic carbocycles. The monoisotopic (exact) mass is 636 g/mol. The van der Waals surface area contributed by atoms with E-state index in [1.807, 2.05) is 6.92 Å². The van der Waals surface area contributed by atoms with Crippen molar-refractivity contribution >= 4 is 71.9 Å². The van der Waals surface area contributed by atoms with Crippen molar-refractivity contribution < 1.29 is 27.6 Å². The zero-order valence-corrected chi connectivity index (χ0v) is 22.1. The Labute approximate surface area is 225 Å². The maximum atomic E-state index is 13.1. The van der Waals surface area contributed by atoms with Crippen LogP contribution >= 0.6 is 31.9 Å². The Balaban J connectivity index is 1.61. The van der Waals surface area contributed by atoms with Crippen molar-refractivity contribution in [2.45, 2.75) is 13.1 Å². The van der Waals surface area contributed by atoms with Crippen LogP contribution in [0.2, 0.25) is 0 Å². The Morgan fingerprint density at radius 2 is 1.57 bits per heavy atom. The summed E-state index contributed by atoms with van der Waals surface area (Å²) in [7, 11) is 0. The van der Waals surface area contributed by atoms with Crippen LogP contribution in [0.15, 0.2) is 75.7 Å². The smallest absolute Gasteiger partial charge is 0.321 e. The van der Waals surface area contributed by atoms with Gasteiger partial charge in [0.2, 0.25) is 0 Å². The van der Waals surface area contributed by atoms with Gasteiger partial charge in [-0.2, -0.15) is 13.2 Å². The number of nitrogens with zero attached hydrogens (tertiary/aromatic N) is 1. The van der Waals surface area contributed by atoms with E-state index < -0.39 is 29.5 Å². The fraction of sp³-hybridized carbons (Fsp3) is 0.0800. The number of aryl methyl sites for hydroxylation is 1. The average molecular weight is 638 g/mol. The standard InChI is InChI=1S/C25H17Br2F3N4O3/c1-13-9-18(6-7-19(13)27)31-22(35)21-11-14-10-16(26)5-8-20(14)34(21)33-24(37)23(36)32-17-4-2-3-15(12-17)25(28,29)30/h2-12H,1H3,(H,31,35)(H,32,36)(H,33,37). The van der Waals surface area contributed by atoms with Gasteiger partial charge in [-0.15, -0.1) is 0 Å². The first-order valence-electron chi connectivity index (χ1n) is 10.6. The fourth-order valence-corrected chi connectivity index (χ4v) is 4.13. The molecule has 0 saturated carbocycles. The number of aromatic nitrogens is 1. The van der Waals surface area contributed by atoms with Crippen LogP contribution in [0, 0.1) is 6.92 Å². The SMILES string of the molecule is Cc1cc(NC(=O)c2cc3cc(Br)ccc3n2NC(=O)C(=O)Nc2cccc(C(F)(F)F)c2)ccc1Br. The quantitative estimate of drug-likeness (QED) is 0.225. The van der Waals surface area contributed by atoms with Crippen molar-refractivity contribution in [3.8, 4) is 0 Å². The summed E-state index contributed by atoms with van der Waals surface area (Å²) in [4.78, 5) is 38.4. The van der Waals surface area contributed by atoms with E-state index in [0.717, 1.165) is 31.3 Å². The van der Waals surface area contributed by atoms with Crippen molar-refractivity contribution in [1.29, 1.82) is 0 Å². The second-order valence-corrected chi connectivity index (χ2v) is 9.73. The predicted molar refractivity (Wildman–Crippen MR) is 141 cm³/mol. The molecule has 0 aliphatic rings. The molecule has 0 spiro atoms. The number of nitrogens with one attached hydrogen (secondary N) is 3. The maximum Gasteiger partial charge on any atom is 0.416 e. The van der Waals surface area contributed by atoms with Crippen LogP contribution in [-0.2, 0) is 15.8 Å². The number of benzene rings is 3. The molecule has 190 valence electrons. The summed E-state index contributed by atoms with van der Waals surface area (Å²) in [6, 6.07) is 15.7. The second kappa shape index (κ2) is 10.4. The molecule has 3 N–H and O–H groups in total. The van der Waals surface area contributed by atoms with Crippen molar-refractivity contribution in [3.63, 3.8) is 0 Å². The Morgan fingerprint density at radius 3 is 2.27 bits per heavy atom. The van der Waals surface area contributed by atoms with Gasteiger partial charge in [0.25, 0.3) is 5.91 Å². The van der Waals surface area contributed by atoms with Gasteiger partial charge in [0, 0.05) is 25.7 Å². The molecular formula is C25H17Br2F3N4O3. The Morgan fingerprint density at radius 1 is 0.838 bits per heavy atom. The second-order valence-electron chi connectivity index (χ2n) is 7.96. The third kappa shape index (κ3) is 6.03. The predicted octanol–water partition coefficient (Wildman–Crippen LogP) is 6.45. The number of anilines is 2. The summed E-state index contributed by atoms with van der Waals surface area (Å²) < 4.78 is 41.7. The summed E-state index contributed by atoms with van der Waals surface area (Å²) >= 11 is 6.75. The maximum absolute atomic E-state index is 13.1. The molecule has 0 radical (unpaired) electrons. The molecule has 0 fully saturated rings. The van der Waals surface area contributed by atoms with Gasteiger partial charge in [0.1, 0.15) is 5.69 Å². The lowest BCUT2D eigenvalue weighted by Gasteiger charge is -2.13. The first kappa shape index (κ1) is 26.4. The lowest BCUT2D eigenvalue weighted by Crippen LogP contribution is -2.36. The molecule has 0 aliphatic heterocycles. The fourth-order valence-electron chi connectivity index (χ4n) is 3.50. The number of rotatable bonds is 4. The summed E-state index contributed by atoms with van der Waals surface area (Å²) in [6.45, 7) is 1.86. The number of alkyl halides is 3. The van der Waals surface area contributed by atoms with Crippen LogP contribution in [-0.4, -0.2) is 22.4 Å². The number of hydrogen-bond donors (Lipinski definition) is 3. The van der Waals surface area contributed by atoms with E-state index in [-0.39, 0.29) is 11.4 Å². The average Bonchev–Trinajstić information content (AvgIpc) is 3.18. The molecule has 1 aromatic heterocycles. The van der Waals surface area contributed by atoms with Gasteiger partial charge < -0.3 is 10.6 Å². The van der Waals surface area contributed by atoms with E-state index in [2.05, 4.69) is 47.9 Å². The van der Waals surface area contributed by atoms with E-state index in [4.69, 9.17) is 0 Å². The Kier molecular flexibility index (Phi) is 7.42. The highest BCUT2D eigenvalue weighted by atomic mass is 79.9. The number of carbonyl (C=O) groups is 3. The molecule has 3 aromatic carbocycles. The third-order valence-corrected chi connectivity index (χ3v) is 6.66. The highest BCUT2D eigenvalue weighted by molar-refractivity contribution is 9.10. The lowest BCUT2D eigenvalue weighted by molar-refractivity contribution is -0.137. The summed E-state index contributed by atoms with van der Waals surface area (Å²) in [5, 5.41) is 5.49. The van der Waals surface area contributed by atoms with Crippen LogP contribution in [0.3, 0.4) is 0 Å². The first-order chi connectivity index (χ1) is 17.4. The minimum atomic E-state index is -4.61. The zero-order valence-electron chi connectivity index (χ0n) is 18.9. The molecule has 4 aromatic rings. The molecule has 37 heavy (non-hydrogen) atoms. The molecule has 0 unspecified atom stereocenters. The van der Waals surface area contributed by atoms with Crippen LogP contribution in [0.5, 0.6) is 0 Å². The molecular weight excluding hydrogens is 621 g/mol. The Hall–Kier alpha value is -3.64. The molecule has 0 bridgehead atoms. The van der Waals surface area contributed by atoms with Crippen molar-refractivity contribution in [1.82, 2.24) is 4.68 Å². The van der Waals surface area contributed by atoms with Crippen LogP contribution in [0.1, 0.15) is 21.6 Å². The van der Waals surface area contributed by atoms with Gasteiger partial charge in [0.05, 0.1) is 11.1 Å². The highest BCUT2D eigenvalue weighted by Crippen LogP contribution is 2.30. The normalized spacial score (nSPS) is 11.3. The van der Waals surface area contributed by atoms with Gasteiger partial charge in [-0.3, -0.25) is 19.8 Å². The van der Waals surface area contributed by atoms with Crippen molar-refractivity contribution in [2.75, 3.05) is 16.1 Å². The molecule has 1 heterocycles. The largest absolute Gasteiger partial charge is 0.416 e. The van der Waals surface area contributed by atoms with E-state index in [1.165, 1.54) is 12.1 Å². The van der Waals surface area contributed by atoms with Gasteiger partial charge in [-0.05, 0) is 73.2 Å². The van der Waals surface area contributed by atoms with Crippen LogP contribution < -0.4 is 16.1 Å². The Bertz CT molecular complexity index is 1550. The van der Waals surface area contributed by atoms with E-state index >= 15 is 0 Å². The number of hydrogen-bond acceptors (Lipinski definition) is 3. The molecule has 4 rings (SSSR count).